The average Bonchev–Trinajstić information content (AvgIpc) is 2.60. The molecule has 127 valence electrons. The van der Waals surface area contributed by atoms with Crippen LogP contribution in [0.3, 0.4) is 0 Å². The minimum atomic E-state index is -0.843. The van der Waals surface area contributed by atoms with Crippen molar-refractivity contribution in [3.8, 4) is 0 Å². The monoisotopic (exact) mass is 339 g/mol. The summed E-state index contributed by atoms with van der Waals surface area (Å²) in [5.74, 6) is 0. The Hall–Kier alpha value is -3.26. The van der Waals surface area contributed by atoms with E-state index in [2.05, 4.69) is 15.3 Å². The first-order valence-electron chi connectivity index (χ1n) is 7.57. The quantitative estimate of drug-likeness (QED) is 0.272. The Morgan fingerprint density at radius 2 is 1.80 bits per heavy atom. The molecule has 0 spiro atoms. The zero-order valence-corrected chi connectivity index (χ0v) is 13.1. The predicted octanol–water partition coefficient (Wildman–Crippen LogP) is 1.47. The summed E-state index contributed by atoms with van der Waals surface area (Å²) >= 11 is 0. The average molecular weight is 339 g/mol. The number of rotatable bonds is 6. The van der Waals surface area contributed by atoms with Gasteiger partial charge in [-0.2, -0.15) is 0 Å². The van der Waals surface area contributed by atoms with Gasteiger partial charge < -0.3 is 15.3 Å². The highest BCUT2D eigenvalue weighted by Crippen LogP contribution is 2.21. The summed E-state index contributed by atoms with van der Waals surface area (Å²) in [7, 11) is 0. The van der Waals surface area contributed by atoms with E-state index in [1.54, 1.807) is 0 Å². The summed E-state index contributed by atoms with van der Waals surface area (Å²) in [4.78, 5) is 38.4. The van der Waals surface area contributed by atoms with Crippen molar-refractivity contribution in [3.05, 3.63) is 90.8 Å². The maximum Gasteiger partial charge on any atom is 0.314 e. The Morgan fingerprint density at radius 3 is 2.52 bits per heavy atom. The lowest BCUT2D eigenvalue weighted by Crippen LogP contribution is -2.29. The van der Waals surface area contributed by atoms with Crippen molar-refractivity contribution in [1.82, 2.24) is 15.3 Å². The predicted molar refractivity (Wildman–Crippen MR) is 93.4 cm³/mol. The molecule has 0 saturated carbocycles. The number of H-pyrrole nitrogens is 2. The molecule has 0 bridgehead atoms. The first-order valence-corrected chi connectivity index (χ1v) is 7.57. The van der Waals surface area contributed by atoms with Crippen LogP contribution in [0.1, 0.15) is 11.1 Å². The molecule has 0 aliphatic carbocycles. The molecule has 8 heteroatoms. The second kappa shape index (κ2) is 7.10. The fourth-order valence-electron chi connectivity index (χ4n) is 2.51. The molecule has 1 aromatic heterocycles. The molecule has 3 aromatic rings. The molecule has 0 saturated heterocycles. The molecule has 1 heterocycles. The summed E-state index contributed by atoms with van der Waals surface area (Å²) < 4.78 is 0. The van der Waals surface area contributed by atoms with E-state index in [0.717, 1.165) is 5.56 Å². The molecule has 3 N–H and O–H groups in total. The molecule has 0 aliphatic heterocycles. The maximum atomic E-state index is 11.6. The Labute approximate surface area is 141 Å². The molecular weight excluding hydrogens is 324 g/mol. The van der Waals surface area contributed by atoms with Gasteiger partial charge in [-0.05, 0) is 11.1 Å². The SMILES string of the molecule is O=c1[nH]c2cc([N+](=O)[O-])cc(CNC[CH]c3ccccc3)c2[nH]c1=O. The van der Waals surface area contributed by atoms with Crippen molar-refractivity contribution in [2.45, 2.75) is 6.54 Å². The number of aromatic nitrogens is 2. The molecule has 8 nitrogen and oxygen atoms in total. The van der Waals surface area contributed by atoms with Gasteiger partial charge in [0.25, 0.3) is 5.69 Å². The highest BCUT2D eigenvalue weighted by molar-refractivity contribution is 5.80. The number of hydrogen-bond donors (Lipinski definition) is 3. The van der Waals surface area contributed by atoms with Crippen LogP contribution in [0.15, 0.2) is 52.1 Å². The lowest BCUT2D eigenvalue weighted by Gasteiger charge is -2.08. The summed E-state index contributed by atoms with van der Waals surface area (Å²) in [6.45, 7) is 0.839. The van der Waals surface area contributed by atoms with Crippen molar-refractivity contribution >= 4 is 16.7 Å². The Balaban J connectivity index is 1.83. The topological polar surface area (TPSA) is 121 Å². The molecule has 3 rings (SSSR count). The highest BCUT2D eigenvalue weighted by atomic mass is 16.6. The summed E-state index contributed by atoms with van der Waals surface area (Å²) in [6, 6.07) is 12.3. The number of hydrogen-bond acceptors (Lipinski definition) is 5. The van der Waals surface area contributed by atoms with Gasteiger partial charge in [-0.3, -0.25) is 19.7 Å². The number of benzene rings is 2. The van der Waals surface area contributed by atoms with E-state index in [1.807, 2.05) is 36.8 Å². The highest BCUT2D eigenvalue weighted by Gasteiger charge is 2.13. The molecule has 25 heavy (non-hydrogen) atoms. The van der Waals surface area contributed by atoms with E-state index in [-0.39, 0.29) is 11.2 Å². The van der Waals surface area contributed by atoms with Gasteiger partial charge in [-0.1, -0.05) is 30.3 Å². The third kappa shape index (κ3) is 3.81. The van der Waals surface area contributed by atoms with Crippen molar-refractivity contribution < 1.29 is 4.92 Å². The van der Waals surface area contributed by atoms with Crippen molar-refractivity contribution in [3.63, 3.8) is 0 Å². The van der Waals surface area contributed by atoms with Gasteiger partial charge in [0.05, 0.1) is 16.0 Å². The van der Waals surface area contributed by atoms with E-state index in [4.69, 9.17) is 0 Å². The summed E-state index contributed by atoms with van der Waals surface area (Å²) in [6.07, 6.45) is 1.98. The zero-order chi connectivity index (χ0) is 17.8. The van der Waals surface area contributed by atoms with Crippen LogP contribution in [-0.4, -0.2) is 21.4 Å². The lowest BCUT2D eigenvalue weighted by atomic mass is 10.1. The van der Waals surface area contributed by atoms with Crippen LogP contribution in [0.25, 0.3) is 11.0 Å². The molecule has 0 aliphatic rings. The molecule has 0 fully saturated rings. The van der Waals surface area contributed by atoms with E-state index in [1.165, 1.54) is 12.1 Å². The molecule has 0 unspecified atom stereocenters. The van der Waals surface area contributed by atoms with Crippen LogP contribution in [-0.2, 0) is 6.54 Å². The number of nitro benzene ring substituents is 1. The molecule has 1 radical (unpaired) electrons. The van der Waals surface area contributed by atoms with Gasteiger partial charge in [0.2, 0.25) is 0 Å². The second-order valence-corrected chi connectivity index (χ2v) is 5.44. The standard InChI is InChI=1S/C17H15N4O4/c22-16-17(23)20-15-12(8-13(21(24)25)9-14(15)19-16)10-18-7-6-11-4-2-1-3-5-11/h1-6,8-9,18H,7,10H2,(H,19,22)(H,20,23). The first kappa shape index (κ1) is 16.6. The minimum absolute atomic E-state index is 0.154. The third-order valence-electron chi connectivity index (χ3n) is 3.71. The van der Waals surface area contributed by atoms with E-state index >= 15 is 0 Å². The van der Waals surface area contributed by atoms with Crippen molar-refractivity contribution in [2.24, 2.45) is 0 Å². The molecule has 0 amide bonds. The smallest absolute Gasteiger partial charge is 0.314 e. The zero-order valence-electron chi connectivity index (χ0n) is 13.1. The van der Waals surface area contributed by atoms with Gasteiger partial charge in [-0.15, -0.1) is 0 Å². The van der Waals surface area contributed by atoms with Crippen LogP contribution in [0, 0.1) is 16.5 Å². The Morgan fingerprint density at radius 1 is 1.08 bits per heavy atom. The number of nitro groups is 1. The number of fused-ring (bicyclic) bond motifs is 1. The van der Waals surface area contributed by atoms with Crippen LogP contribution >= 0.6 is 0 Å². The van der Waals surface area contributed by atoms with Gasteiger partial charge >= 0.3 is 11.1 Å². The van der Waals surface area contributed by atoms with Crippen LogP contribution in [0.2, 0.25) is 0 Å². The van der Waals surface area contributed by atoms with Crippen LogP contribution < -0.4 is 16.4 Å². The second-order valence-electron chi connectivity index (χ2n) is 5.44. The maximum absolute atomic E-state index is 11.6. The van der Waals surface area contributed by atoms with Gasteiger partial charge in [-0.25, -0.2) is 0 Å². The number of aromatic amines is 2. The molecular formula is C17H15N4O4. The van der Waals surface area contributed by atoms with Crippen LogP contribution in [0.4, 0.5) is 5.69 Å². The third-order valence-corrected chi connectivity index (χ3v) is 3.71. The molecule has 2 aromatic carbocycles. The fourth-order valence-corrected chi connectivity index (χ4v) is 2.51. The van der Waals surface area contributed by atoms with E-state index in [9.17, 15) is 19.7 Å². The van der Waals surface area contributed by atoms with Crippen molar-refractivity contribution in [2.75, 3.05) is 6.54 Å². The van der Waals surface area contributed by atoms with Gasteiger partial charge in [0.15, 0.2) is 0 Å². The number of non-ortho nitro benzene ring substituents is 1. The largest absolute Gasteiger partial charge is 0.316 e. The molecule has 0 atom stereocenters. The Kier molecular flexibility index (Phi) is 4.71. The van der Waals surface area contributed by atoms with Crippen LogP contribution in [0.5, 0.6) is 0 Å². The number of nitrogens with one attached hydrogen (secondary N) is 3. The van der Waals surface area contributed by atoms with Gasteiger partial charge in [0.1, 0.15) is 0 Å². The fraction of sp³-hybridized carbons (Fsp3) is 0.118. The minimum Gasteiger partial charge on any atom is -0.316 e. The summed E-state index contributed by atoms with van der Waals surface area (Å²) in [5, 5.41) is 14.2. The van der Waals surface area contributed by atoms with E-state index < -0.39 is 16.0 Å². The van der Waals surface area contributed by atoms with E-state index in [0.29, 0.717) is 24.2 Å². The first-order chi connectivity index (χ1) is 12.0. The summed E-state index contributed by atoms with van der Waals surface area (Å²) in [5.41, 5.74) is 0.391. The Bertz CT molecular complexity index is 1020. The van der Waals surface area contributed by atoms with Gasteiger partial charge in [0, 0.05) is 31.6 Å². The number of nitrogens with zero attached hydrogens (tertiary/aromatic N) is 1. The van der Waals surface area contributed by atoms with Crippen molar-refractivity contribution in [1.29, 1.82) is 0 Å². The normalized spacial score (nSPS) is 10.9. The lowest BCUT2D eigenvalue weighted by molar-refractivity contribution is -0.384.